The minimum atomic E-state index is 0.0619. The quantitative estimate of drug-likeness (QED) is 0.501. The third-order valence-corrected chi connectivity index (χ3v) is 2.16. The highest BCUT2D eigenvalue weighted by molar-refractivity contribution is 7.78. The Hall–Kier alpha value is -0.400. The first-order chi connectivity index (χ1) is 6.18. The van der Waals surface area contributed by atoms with Gasteiger partial charge in [-0.1, -0.05) is 20.3 Å². The number of hydrogen-bond donors (Lipinski definition) is 0. The maximum absolute atomic E-state index is 4.53. The fourth-order valence-corrected chi connectivity index (χ4v) is 1.39. The average Bonchev–Trinajstić information content (AvgIpc) is 2.12. The Morgan fingerprint density at radius 3 is 1.92 bits per heavy atom. The first-order valence-electron chi connectivity index (χ1n) is 4.26. The van der Waals surface area contributed by atoms with Gasteiger partial charge in [0.1, 0.15) is 0 Å². The summed E-state index contributed by atoms with van der Waals surface area (Å²) in [5.74, 6) is 0. The highest BCUT2D eigenvalue weighted by Crippen LogP contribution is 2.23. The van der Waals surface area contributed by atoms with E-state index in [4.69, 9.17) is 0 Å². The number of isothiocyanates is 2. The molecule has 0 aliphatic carbocycles. The van der Waals surface area contributed by atoms with Crippen molar-refractivity contribution >= 4 is 34.8 Å². The second kappa shape index (κ2) is 7.05. The molecule has 0 saturated heterocycles. The van der Waals surface area contributed by atoms with Crippen molar-refractivity contribution in [2.75, 3.05) is 13.1 Å². The van der Waals surface area contributed by atoms with Crippen molar-refractivity contribution in [1.29, 1.82) is 0 Å². The molecule has 0 N–H and O–H groups in total. The molecule has 0 atom stereocenters. The van der Waals surface area contributed by atoms with Crippen LogP contribution in [0, 0.1) is 5.41 Å². The van der Waals surface area contributed by atoms with E-state index in [1.165, 1.54) is 0 Å². The highest BCUT2D eigenvalue weighted by Gasteiger charge is 2.22. The number of aliphatic imine (C=N–C) groups is 2. The molecule has 0 spiro atoms. The van der Waals surface area contributed by atoms with Crippen LogP contribution in [0.25, 0.3) is 0 Å². The van der Waals surface area contributed by atoms with Gasteiger partial charge < -0.3 is 0 Å². The van der Waals surface area contributed by atoms with Crippen LogP contribution in [0.4, 0.5) is 0 Å². The smallest absolute Gasteiger partial charge is 0.0585 e. The Labute approximate surface area is 90.2 Å². The molecule has 0 heterocycles. The molecule has 0 amide bonds. The highest BCUT2D eigenvalue weighted by atomic mass is 32.1. The van der Waals surface area contributed by atoms with Crippen LogP contribution in [0.3, 0.4) is 0 Å². The summed E-state index contributed by atoms with van der Waals surface area (Å²) in [4.78, 5) is 7.92. The maximum Gasteiger partial charge on any atom is 0.0585 e. The predicted molar refractivity (Wildman–Crippen MR) is 62.8 cm³/mol. The summed E-state index contributed by atoms with van der Waals surface area (Å²) < 4.78 is 0. The zero-order chi connectivity index (χ0) is 10.2. The Morgan fingerprint density at radius 2 is 1.62 bits per heavy atom. The topological polar surface area (TPSA) is 24.7 Å². The van der Waals surface area contributed by atoms with Crippen molar-refractivity contribution in [2.45, 2.75) is 26.7 Å². The fourth-order valence-electron chi connectivity index (χ4n) is 1.26. The minimum absolute atomic E-state index is 0.0619. The van der Waals surface area contributed by atoms with Crippen molar-refractivity contribution in [3.05, 3.63) is 0 Å². The van der Waals surface area contributed by atoms with Gasteiger partial charge in [0.2, 0.25) is 0 Å². The zero-order valence-electron chi connectivity index (χ0n) is 8.04. The van der Waals surface area contributed by atoms with E-state index in [0.29, 0.717) is 13.1 Å². The third-order valence-electron chi connectivity index (χ3n) is 1.90. The van der Waals surface area contributed by atoms with E-state index in [1.807, 2.05) is 0 Å². The predicted octanol–water partition coefficient (Wildman–Crippen LogP) is 3.00. The largest absolute Gasteiger partial charge is 0.232 e. The average molecular weight is 214 g/mol. The molecule has 0 bridgehead atoms. The van der Waals surface area contributed by atoms with E-state index < -0.39 is 0 Å². The lowest BCUT2D eigenvalue weighted by molar-refractivity contribution is 0.320. The van der Waals surface area contributed by atoms with Crippen molar-refractivity contribution in [3.8, 4) is 0 Å². The molecule has 0 aromatic rings. The fraction of sp³-hybridized carbons (Fsp3) is 0.778. The van der Waals surface area contributed by atoms with Gasteiger partial charge in [-0.3, -0.25) is 0 Å². The van der Waals surface area contributed by atoms with E-state index in [1.54, 1.807) is 0 Å². The van der Waals surface area contributed by atoms with E-state index in [2.05, 4.69) is 58.6 Å². The van der Waals surface area contributed by atoms with Crippen LogP contribution >= 0.6 is 24.4 Å². The lowest BCUT2D eigenvalue weighted by Crippen LogP contribution is -2.23. The van der Waals surface area contributed by atoms with Gasteiger partial charge in [-0.2, -0.15) is 0 Å². The molecule has 0 saturated carbocycles. The van der Waals surface area contributed by atoms with Gasteiger partial charge in [0.15, 0.2) is 0 Å². The summed E-state index contributed by atoms with van der Waals surface area (Å²) in [6.07, 6.45) is 2.17. The van der Waals surface area contributed by atoms with Crippen molar-refractivity contribution in [1.82, 2.24) is 0 Å². The molecular weight excluding hydrogens is 200 g/mol. The summed E-state index contributed by atoms with van der Waals surface area (Å²) in [7, 11) is 0. The Bertz CT molecular complexity index is 218. The minimum Gasteiger partial charge on any atom is -0.232 e. The summed E-state index contributed by atoms with van der Waals surface area (Å²) in [6.45, 7) is 5.61. The molecule has 0 aromatic carbocycles. The van der Waals surface area contributed by atoms with E-state index in [9.17, 15) is 0 Å². The first kappa shape index (κ1) is 12.6. The van der Waals surface area contributed by atoms with Crippen LogP contribution in [-0.4, -0.2) is 23.4 Å². The Balaban J connectivity index is 4.30. The molecule has 2 nitrogen and oxygen atoms in total. The van der Waals surface area contributed by atoms with E-state index in [0.717, 1.165) is 12.8 Å². The summed E-state index contributed by atoms with van der Waals surface area (Å²) in [5, 5.41) is 4.76. The maximum atomic E-state index is 4.53. The van der Waals surface area contributed by atoms with Gasteiger partial charge in [-0.25, -0.2) is 9.98 Å². The number of rotatable bonds is 6. The second-order valence-corrected chi connectivity index (χ2v) is 3.74. The number of thiocarbonyl (C=S) groups is 2. The van der Waals surface area contributed by atoms with Crippen LogP contribution in [0.1, 0.15) is 26.7 Å². The number of nitrogens with zero attached hydrogens (tertiary/aromatic N) is 2. The van der Waals surface area contributed by atoms with Crippen LogP contribution in [0.5, 0.6) is 0 Å². The van der Waals surface area contributed by atoms with Crippen LogP contribution < -0.4 is 0 Å². The molecule has 0 aliphatic heterocycles. The molecular formula is C9H14N2S2. The Kier molecular flexibility index (Phi) is 6.83. The first-order valence-corrected chi connectivity index (χ1v) is 5.07. The molecule has 13 heavy (non-hydrogen) atoms. The van der Waals surface area contributed by atoms with Crippen molar-refractivity contribution in [2.24, 2.45) is 15.4 Å². The van der Waals surface area contributed by atoms with Gasteiger partial charge in [0.25, 0.3) is 0 Å². The molecule has 0 radical (unpaired) electrons. The summed E-state index contributed by atoms with van der Waals surface area (Å²) in [6, 6.07) is 0. The summed E-state index contributed by atoms with van der Waals surface area (Å²) in [5.41, 5.74) is 0.0619. The van der Waals surface area contributed by atoms with Gasteiger partial charge in [0, 0.05) is 5.41 Å². The standard InChI is InChI=1S/C9H14N2S2/c1-3-4-9(2,5-10-7-12)6-11-8-13/h3-6H2,1-2H3. The zero-order valence-corrected chi connectivity index (χ0v) is 9.67. The molecule has 0 aliphatic rings. The lowest BCUT2D eigenvalue weighted by atomic mass is 9.86. The molecule has 0 aromatic heterocycles. The summed E-state index contributed by atoms with van der Waals surface area (Å²) >= 11 is 9.07. The molecule has 0 unspecified atom stereocenters. The molecule has 0 rings (SSSR count). The SMILES string of the molecule is CCCC(C)(CN=C=S)CN=C=S. The second-order valence-electron chi connectivity index (χ2n) is 3.38. The van der Waals surface area contributed by atoms with Gasteiger partial charge in [-0.05, 0) is 30.9 Å². The van der Waals surface area contributed by atoms with Crippen LogP contribution in [-0.2, 0) is 0 Å². The lowest BCUT2D eigenvalue weighted by Gasteiger charge is -2.23. The molecule has 72 valence electrons. The normalized spacial score (nSPS) is 13.7. The van der Waals surface area contributed by atoms with E-state index in [-0.39, 0.29) is 5.41 Å². The third kappa shape index (κ3) is 5.78. The molecule has 0 fully saturated rings. The molecule has 4 heteroatoms. The van der Waals surface area contributed by atoms with Crippen molar-refractivity contribution in [3.63, 3.8) is 0 Å². The van der Waals surface area contributed by atoms with Crippen LogP contribution in [0.15, 0.2) is 9.98 Å². The Morgan fingerprint density at radius 1 is 1.15 bits per heavy atom. The van der Waals surface area contributed by atoms with Gasteiger partial charge in [-0.15, -0.1) is 0 Å². The van der Waals surface area contributed by atoms with E-state index >= 15 is 0 Å². The number of hydrogen-bond acceptors (Lipinski definition) is 4. The van der Waals surface area contributed by atoms with Crippen LogP contribution in [0.2, 0.25) is 0 Å². The van der Waals surface area contributed by atoms with Gasteiger partial charge >= 0.3 is 0 Å². The van der Waals surface area contributed by atoms with Crippen molar-refractivity contribution < 1.29 is 0 Å². The monoisotopic (exact) mass is 214 g/mol. The van der Waals surface area contributed by atoms with Gasteiger partial charge in [0.05, 0.1) is 23.4 Å².